The number of fused-ring (bicyclic) bond motifs is 12. The fourth-order valence-electron chi connectivity index (χ4n) is 8.10. The number of hydrogen-bond donors (Lipinski definition) is 0. The van der Waals surface area contributed by atoms with Gasteiger partial charge in [-0.15, -0.1) is 11.3 Å². The van der Waals surface area contributed by atoms with Crippen LogP contribution in [0.2, 0.25) is 0 Å². The molecule has 0 saturated carbocycles. The Balaban J connectivity index is 1.28. The van der Waals surface area contributed by atoms with E-state index in [4.69, 9.17) is 0 Å². The standard InChI is InChI=1S/C43H24N2OS/c46-43-31-15-2-1-12-27(31)33-23-25(24-34-28-13-4-8-18-36(28)45(43)41(33)34)26-11-3-7-17-35(26)44-37-19-9-5-16-32(37)40-38(44)22-21-30-29-14-6-10-20-39(29)47-42(30)40/h1-24H. The second-order valence-electron chi connectivity index (χ2n) is 12.4. The summed E-state index contributed by atoms with van der Waals surface area (Å²) in [6, 6.07) is 51.8. The first kappa shape index (κ1) is 25.2. The molecule has 4 heteroatoms. The van der Waals surface area contributed by atoms with Crippen LogP contribution in [-0.2, 0) is 0 Å². The number of pyridine rings is 1. The van der Waals surface area contributed by atoms with Crippen molar-refractivity contribution in [2.45, 2.75) is 0 Å². The summed E-state index contributed by atoms with van der Waals surface area (Å²) in [4.78, 5) is 13.9. The van der Waals surface area contributed by atoms with Gasteiger partial charge in [0.15, 0.2) is 0 Å². The molecule has 0 aliphatic rings. The predicted octanol–water partition coefficient (Wildman–Crippen LogP) is 11.3. The minimum atomic E-state index is 0.0327. The first-order valence-electron chi connectivity index (χ1n) is 15.9. The Labute approximate surface area is 272 Å². The predicted molar refractivity (Wildman–Crippen MR) is 200 cm³/mol. The van der Waals surface area contributed by atoms with E-state index in [9.17, 15) is 4.79 Å². The van der Waals surface area contributed by atoms with Gasteiger partial charge in [0.2, 0.25) is 0 Å². The van der Waals surface area contributed by atoms with Gasteiger partial charge in [-0.05, 0) is 59.5 Å². The molecule has 0 bridgehead atoms. The lowest BCUT2D eigenvalue weighted by Crippen LogP contribution is -2.12. The van der Waals surface area contributed by atoms with E-state index in [1.54, 1.807) is 0 Å². The highest BCUT2D eigenvalue weighted by atomic mass is 32.1. The van der Waals surface area contributed by atoms with Crippen LogP contribution in [0.5, 0.6) is 0 Å². The van der Waals surface area contributed by atoms with Crippen molar-refractivity contribution in [1.82, 2.24) is 8.97 Å². The lowest BCUT2D eigenvalue weighted by molar-refractivity contribution is 1.18. The third kappa shape index (κ3) is 3.22. The van der Waals surface area contributed by atoms with Crippen molar-refractivity contribution in [2.75, 3.05) is 0 Å². The Kier molecular flexibility index (Phi) is 4.87. The third-order valence-electron chi connectivity index (χ3n) is 10.1. The van der Waals surface area contributed by atoms with E-state index in [1.807, 2.05) is 40.0 Å². The van der Waals surface area contributed by atoms with Crippen molar-refractivity contribution in [1.29, 1.82) is 0 Å². The second kappa shape index (κ2) is 9.06. The van der Waals surface area contributed by atoms with E-state index >= 15 is 0 Å². The van der Waals surface area contributed by atoms with Crippen molar-refractivity contribution in [2.24, 2.45) is 0 Å². The molecule has 218 valence electrons. The summed E-state index contributed by atoms with van der Waals surface area (Å²) in [7, 11) is 0. The lowest BCUT2D eigenvalue weighted by Gasteiger charge is -2.15. The normalized spacial score (nSPS) is 12.3. The molecular formula is C43H24N2OS. The molecule has 0 unspecified atom stereocenters. The molecule has 3 nitrogen and oxygen atoms in total. The van der Waals surface area contributed by atoms with Gasteiger partial charge in [0.1, 0.15) is 0 Å². The Hall–Kier alpha value is -5.97. The summed E-state index contributed by atoms with van der Waals surface area (Å²) in [5, 5.41) is 10.2. The molecule has 7 aromatic carbocycles. The molecule has 0 amide bonds. The minimum absolute atomic E-state index is 0.0327. The van der Waals surface area contributed by atoms with E-state index in [0.29, 0.717) is 0 Å². The summed E-state index contributed by atoms with van der Waals surface area (Å²) in [5.74, 6) is 0. The summed E-state index contributed by atoms with van der Waals surface area (Å²) in [5.41, 5.74) is 7.77. The molecule has 11 aromatic rings. The first-order chi connectivity index (χ1) is 23.3. The zero-order valence-corrected chi connectivity index (χ0v) is 25.9. The molecular weight excluding hydrogens is 593 g/mol. The van der Waals surface area contributed by atoms with Crippen molar-refractivity contribution in [3.63, 3.8) is 0 Å². The number of para-hydroxylation sites is 3. The van der Waals surface area contributed by atoms with Gasteiger partial charge in [-0.3, -0.25) is 9.20 Å². The molecule has 0 aliphatic carbocycles. The highest BCUT2D eigenvalue weighted by Gasteiger charge is 2.22. The molecule has 11 rings (SSSR count). The maximum Gasteiger partial charge on any atom is 0.263 e. The molecule has 0 spiro atoms. The number of hydrogen-bond acceptors (Lipinski definition) is 2. The molecule has 0 fully saturated rings. The first-order valence-corrected chi connectivity index (χ1v) is 16.7. The monoisotopic (exact) mass is 616 g/mol. The zero-order valence-electron chi connectivity index (χ0n) is 25.1. The van der Waals surface area contributed by atoms with Gasteiger partial charge in [-0.25, -0.2) is 0 Å². The van der Waals surface area contributed by atoms with Crippen molar-refractivity contribution in [3.8, 4) is 16.8 Å². The molecule has 0 N–H and O–H groups in total. The molecule has 0 atom stereocenters. The highest BCUT2D eigenvalue weighted by Crippen LogP contribution is 2.45. The van der Waals surface area contributed by atoms with Gasteiger partial charge in [0, 0.05) is 58.1 Å². The van der Waals surface area contributed by atoms with Crippen LogP contribution in [-0.4, -0.2) is 8.97 Å². The highest BCUT2D eigenvalue weighted by molar-refractivity contribution is 7.26. The summed E-state index contributed by atoms with van der Waals surface area (Å²) in [6.45, 7) is 0. The van der Waals surface area contributed by atoms with Crippen LogP contribution in [0.3, 0.4) is 0 Å². The molecule has 0 radical (unpaired) electrons. The zero-order chi connectivity index (χ0) is 30.8. The fourth-order valence-corrected chi connectivity index (χ4v) is 9.36. The van der Waals surface area contributed by atoms with E-state index < -0.39 is 0 Å². The van der Waals surface area contributed by atoms with Gasteiger partial charge >= 0.3 is 0 Å². The van der Waals surface area contributed by atoms with Gasteiger partial charge in [0.25, 0.3) is 5.56 Å². The van der Waals surface area contributed by atoms with Crippen LogP contribution in [0, 0.1) is 0 Å². The summed E-state index contributed by atoms with van der Waals surface area (Å²) < 4.78 is 7.00. The Morgan fingerprint density at radius 2 is 1.11 bits per heavy atom. The van der Waals surface area contributed by atoms with Crippen molar-refractivity contribution >= 4 is 91.3 Å². The molecule has 0 aliphatic heterocycles. The fraction of sp³-hybridized carbons (Fsp3) is 0. The number of nitrogens with zero attached hydrogens (tertiary/aromatic N) is 2. The number of aromatic nitrogens is 2. The topological polar surface area (TPSA) is 26.4 Å². The summed E-state index contributed by atoms with van der Waals surface area (Å²) >= 11 is 1.88. The van der Waals surface area contributed by atoms with Crippen LogP contribution in [0.25, 0.3) is 96.8 Å². The van der Waals surface area contributed by atoms with Crippen LogP contribution >= 0.6 is 11.3 Å². The number of rotatable bonds is 2. The summed E-state index contributed by atoms with van der Waals surface area (Å²) in [6.07, 6.45) is 0. The van der Waals surface area contributed by atoms with Crippen molar-refractivity contribution in [3.05, 3.63) is 156 Å². The Morgan fingerprint density at radius 1 is 0.468 bits per heavy atom. The second-order valence-corrected chi connectivity index (χ2v) is 13.5. The molecule has 4 heterocycles. The molecule has 0 saturated heterocycles. The van der Waals surface area contributed by atoms with Crippen LogP contribution in [0.1, 0.15) is 0 Å². The Morgan fingerprint density at radius 3 is 1.96 bits per heavy atom. The van der Waals surface area contributed by atoms with Crippen molar-refractivity contribution < 1.29 is 0 Å². The lowest BCUT2D eigenvalue weighted by atomic mass is 9.96. The third-order valence-corrected chi connectivity index (χ3v) is 11.3. The van der Waals surface area contributed by atoms with E-state index in [0.717, 1.165) is 54.8 Å². The van der Waals surface area contributed by atoms with Gasteiger partial charge in [0.05, 0.1) is 27.8 Å². The maximum absolute atomic E-state index is 13.9. The quantitative estimate of drug-likeness (QED) is 0.178. The average molecular weight is 617 g/mol. The molecule has 4 aromatic heterocycles. The Bertz CT molecular complexity index is 3160. The SMILES string of the molecule is O=c1c2ccccc2c2cc(-c3ccccc3-n3c4ccccc4c4c5sc6ccccc6c5ccc43)cc3c4ccccc4n1c23. The number of thiophene rings is 1. The average Bonchev–Trinajstić information content (AvgIpc) is 3.78. The van der Waals surface area contributed by atoms with Gasteiger partial charge < -0.3 is 4.57 Å². The molecule has 47 heavy (non-hydrogen) atoms. The van der Waals surface area contributed by atoms with Gasteiger partial charge in [-0.1, -0.05) is 97.1 Å². The van der Waals surface area contributed by atoms with E-state index in [2.05, 4.69) is 126 Å². The minimum Gasteiger partial charge on any atom is -0.309 e. The van der Waals surface area contributed by atoms with E-state index in [1.165, 1.54) is 42.0 Å². The largest absolute Gasteiger partial charge is 0.309 e. The van der Waals surface area contributed by atoms with Crippen LogP contribution < -0.4 is 5.56 Å². The van der Waals surface area contributed by atoms with Crippen LogP contribution in [0.15, 0.2) is 150 Å². The van der Waals surface area contributed by atoms with Crippen LogP contribution in [0.4, 0.5) is 0 Å². The van der Waals surface area contributed by atoms with Gasteiger partial charge in [-0.2, -0.15) is 0 Å². The number of benzene rings is 7. The maximum atomic E-state index is 13.9. The van der Waals surface area contributed by atoms with E-state index in [-0.39, 0.29) is 5.56 Å². The smallest absolute Gasteiger partial charge is 0.263 e.